The molecule has 0 radical (unpaired) electrons. The third kappa shape index (κ3) is 12.6. The Morgan fingerprint density at radius 2 is 0.825 bits per heavy atom. The summed E-state index contributed by atoms with van der Waals surface area (Å²) in [6, 6.07) is 49.2. The van der Waals surface area contributed by atoms with E-state index in [1.165, 1.54) is 0 Å². The second-order valence-corrected chi connectivity index (χ2v) is 22.4. The van der Waals surface area contributed by atoms with Crippen LogP contribution in [0.3, 0.4) is 0 Å². The Labute approximate surface area is 340 Å². The molecule has 8 nitrogen and oxygen atoms in total. The summed E-state index contributed by atoms with van der Waals surface area (Å²) in [6.45, 7) is 12.0. The van der Waals surface area contributed by atoms with Gasteiger partial charge in [0.25, 0.3) is 0 Å². The molecule has 1 fully saturated rings. The average Bonchev–Trinajstić information content (AvgIpc) is 3.22. The number of phosphoric acid groups is 1. The highest BCUT2D eigenvalue weighted by atomic mass is 31.2. The number of benzene rings is 5. The lowest BCUT2D eigenvalue weighted by atomic mass is 9.86. The summed E-state index contributed by atoms with van der Waals surface area (Å²) in [5.41, 5.74) is 4.66. The first-order chi connectivity index (χ1) is 27.5. The van der Waals surface area contributed by atoms with Gasteiger partial charge in [0.05, 0.1) is 45.2 Å². The molecule has 10 heteroatoms. The molecule has 0 saturated heterocycles. The average molecular weight is 809 g/mol. The molecule has 0 aliphatic heterocycles. The predicted octanol–water partition coefficient (Wildman–Crippen LogP) is 11.5. The molecule has 1 aliphatic rings. The van der Waals surface area contributed by atoms with Crippen molar-refractivity contribution in [1.82, 2.24) is 0 Å². The van der Waals surface area contributed by atoms with Crippen LogP contribution in [0.25, 0.3) is 0 Å². The number of hydrogen-bond acceptors (Lipinski definition) is 8. The molecule has 0 heterocycles. The SMILES string of the molecule is CC(C)(C)[Si](C)(C)O[C@@H]1[C@@H](OCc2ccccc2)[C@H](OP(=O)(OCc2ccccc2)OCc2ccccc2)[C@H](OCc2ccccc2)C[C@H]1OCc1ccccc1. The summed E-state index contributed by atoms with van der Waals surface area (Å²) in [6.07, 6.45) is -3.09. The highest BCUT2D eigenvalue weighted by molar-refractivity contribution is 7.48. The van der Waals surface area contributed by atoms with Gasteiger partial charge in [-0.2, -0.15) is 0 Å². The number of hydrogen-bond donors (Lipinski definition) is 0. The minimum atomic E-state index is -4.32. The molecule has 0 unspecified atom stereocenters. The van der Waals surface area contributed by atoms with Gasteiger partial charge >= 0.3 is 7.82 Å². The first kappa shape index (κ1) is 42.9. The molecule has 6 rings (SSSR count). The Morgan fingerprint density at radius 3 is 1.19 bits per heavy atom. The molecule has 0 aromatic heterocycles. The van der Waals surface area contributed by atoms with Crippen LogP contribution in [0.15, 0.2) is 152 Å². The van der Waals surface area contributed by atoms with Crippen molar-refractivity contribution in [3.63, 3.8) is 0 Å². The summed E-state index contributed by atoms with van der Waals surface area (Å²) in [5, 5.41) is -0.134. The van der Waals surface area contributed by atoms with E-state index in [1.807, 2.05) is 140 Å². The van der Waals surface area contributed by atoms with Crippen LogP contribution < -0.4 is 0 Å². The van der Waals surface area contributed by atoms with E-state index in [1.54, 1.807) is 0 Å². The summed E-state index contributed by atoms with van der Waals surface area (Å²) < 4.78 is 62.4. The van der Waals surface area contributed by atoms with Gasteiger partial charge < -0.3 is 18.6 Å². The predicted molar refractivity (Wildman–Crippen MR) is 227 cm³/mol. The molecule has 0 spiro atoms. The van der Waals surface area contributed by atoms with Gasteiger partial charge in [-0.3, -0.25) is 13.6 Å². The zero-order chi connectivity index (χ0) is 40.1. The van der Waals surface area contributed by atoms with E-state index >= 15 is 4.57 Å². The first-order valence-corrected chi connectivity index (χ1v) is 24.1. The summed E-state index contributed by atoms with van der Waals surface area (Å²) in [4.78, 5) is 0. The lowest BCUT2D eigenvalue weighted by molar-refractivity contribution is -0.216. The van der Waals surface area contributed by atoms with Crippen molar-refractivity contribution in [2.24, 2.45) is 0 Å². The number of phosphoric ester groups is 1. The van der Waals surface area contributed by atoms with Crippen LogP contribution in [0.1, 0.15) is 55.0 Å². The van der Waals surface area contributed by atoms with Crippen molar-refractivity contribution in [3.05, 3.63) is 179 Å². The summed E-state index contributed by atoms with van der Waals surface area (Å²) >= 11 is 0. The number of ether oxygens (including phenoxy) is 3. The zero-order valence-electron chi connectivity index (χ0n) is 33.8. The monoisotopic (exact) mass is 808 g/mol. The van der Waals surface area contributed by atoms with Crippen LogP contribution in [-0.4, -0.2) is 38.8 Å². The van der Waals surface area contributed by atoms with E-state index in [2.05, 4.69) is 46.0 Å². The van der Waals surface area contributed by atoms with Crippen molar-refractivity contribution in [1.29, 1.82) is 0 Å². The Bertz CT molecular complexity index is 1900. The molecule has 302 valence electrons. The van der Waals surface area contributed by atoms with Crippen LogP contribution in [-0.2, 0) is 69.8 Å². The minimum absolute atomic E-state index is 0.0113. The van der Waals surface area contributed by atoms with Crippen LogP contribution >= 0.6 is 7.82 Å². The number of rotatable bonds is 19. The molecule has 1 aliphatic carbocycles. The van der Waals surface area contributed by atoms with Gasteiger partial charge in [0.2, 0.25) is 0 Å². The minimum Gasteiger partial charge on any atom is -0.409 e. The van der Waals surface area contributed by atoms with Gasteiger partial charge in [0.15, 0.2) is 8.32 Å². The molecular formula is C47H57O8PSi. The summed E-state index contributed by atoms with van der Waals surface area (Å²) in [7, 11) is -6.80. The van der Waals surface area contributed by atoms with Gasteiger partial charge in [-0.15, -0.1) is 0 Å². The quantitative estimate of drug-likeness (QED) is 0.0603. The Hall–Kier alpha value is -3.73. The second kappa shape index (κ2) is 20.3. The maximum Gasteiger partial charge on any atom is 0.475 e. The van der Waals surface area contributed by atoms with Gasteiger partial charge in [0.1, 0.15) is 18.3 Å². The van der Waals surface area contributed by atoms with E-state index in [0.29, 0.717) is 13.0 Å². The molecule has 0 bridgehead atoms. The van der Waals surface area contributed by atoms with E-state index in [-0.39, 0.29) is 31.5 Å². The van der Waals surface area contributed by atoms with Crippen molar-refractivity contribution in [3.8, 4) is 0 Å². The largest absolute Gasteiger partial charge is 0.475 e. The van der Waals surface area contributed by atoms with Crippen LogP contribution in [0.2, 0.25) is 18.1 Å². The van der Waals surface area contributed by atoms with Crippen LogP contribution in [0.5, 0.6) is 0 Å². The molecule has 57 heavy (non-hydrogen) atoms. The smallest absolute Gasteiger partial charge is 0.409 e. The Balaban J connectivity index is 1.41. The fourth-order valence-corrected chi connectivity index (χ4v) is 9.12. The van der Waals surface area contributed by atoms with Crippen LogP contribution in [0, 0.1) is 0 Å². The fourth-order valence-electron chi connectivity index (χ4n) is 6.44. The molecule has 5 aromatic carbocycles. The molecule has 5 atom stereocenters. The molecule has 1 saturated carbocycles. The maximum absolute atomic E-state index is 15.2. The third-order valence-electron chi connectivity index (χ3n) is 10.7. The second-order valence-electron chi connectivity index (χ2n) is 16.0. The van der Waals surface area contributed by atoms with Crippen molar-refractivity contribution in [2.45, 2.75) is 109 Å². The molecule has 5 aromatic rings. The van der Waals surface area contributed by atoms with Crippen molar-refractivity contribution < 1.29 is 36.8 Å². The third-order valence-corrected chi connectivity index (χ3v) is 16.6. The van der Waals surface area contributed by atoms with Crippen LogP contribution in [0.4, 0.5) is 0 Å². The van der Waals surface area contributed by atoms with E-state index in [9.17, 15) is 0 Å². The summed E-state index contributed by atoms with van der Waals surface area (Å²) in [5.74, 6) is 0. The maximum atomic E-state index is 15.2. The standard InChI is InChI=1S/C47H57O8PSi/c1-47(2,3)57(4,5)55-45-43(50-33-38-23-13-7-14-24-38)31-42(49-32-37-21-11-6-12-22-37)44(46(45)51-34-39-25-15-8-16-26-39)54-56(48,52-35-40-27-17-9-18-28-40)53-36-41-29-19-10-20-30-41/h6-30,42-46H,31-36H2,1-5H3/t42-,43-,44-,45+,46+/m1/s1. The topological polar surface area (TPSA) is 81.7 Å². The normalized spacial score (nSPS) is 20.3. The van der Waals surface area contributed by atoms with Gasteiger partial charge in [-0.05, 0) is 45.9 Å². The van der Waals surface area contributed by atoms with E-state index in [0.717, 1.165) is 27.8 Å². The molecule has 0 N–H and O–H groups in total. The van der Waals surface area contributed by atoms with E-state index in [4.69, 9.17) is 32.2 Å². The molecular weight excluding hydrogens is 752 g/mol. The van der Waals surface area contributed by atoms with Crippen molar-refractivity contribution >= 4 is 16.1 Å². The Kier molecular flexibility index (Phi) is 15.3. The van der Waals surface area contributed by atoms with Gasteiger partial charge in [-0.1, -0.05) is 172 Å². The highest BCUT2D eigenvalue weighted by Gasteiger charge is 2.54. The fraction of sp³-hybridized carbons (Fsp3) is 0.362. The lowest BCUT2D eigenvalue weighted by Gasteiger charge is -2.50. The van der Waals surface area contributed by atoms with Gasteiger partial charge in [0, 0.05) is 6.42 Å². The van der Waals surface area contributed by atoms with E-state index < -0.39 is 46.7 Å². The van der Waals surface area contributed by atoms with Gasteiger partial charge in [-0.25, -0.2) is 4.57 Å². The molecule has 0 amide bonds. The zero-order valence-corrected chi connectivity index (χ0v) is 35.7. The lowest BCUT2D eigenvalue weighted by Crippen LogP contribution is -2.62. The highest BCUT2D eigenvalue weighted by Crippen LogP contribution is 2.55. The van der Waals surface area contributed by atoms with Crippen molar-refractivity contribution in [2.75, 3.05) is 0 Å². The Morgan fingerprint density at radius 1 is 0.491 bits per heavy atom. The first-order valence-electron chi connectivity index (χ1n) is 19.8.